The highest BCUT2D eigenvalue weighted by molar-refractivity contribution is 5.85. The van der Waals surface area contributed by atoms with Crippen LogP contribution in [0.25, 0.3) is 0 Å². The molecule has 2 rings (SSSR count). The number of aliphatic carboxylic acids is 1. The Kier molecular flexibility index (Phi) is 4.21. The van der Waals surface area contributed by atoms with E-state index in [1.807, 2.05) is 12.1 Å². The summed E-state index contributed by atoms with van der Waals surface area (Å²) >= 11 is 0. The monoisotopic (exact) mass is 290 g/mol. The molecule has 0 spiro atoms. The van der Waals surface area contributed by atoms with Crippen LogP contribution in [0.4, 0.5) is 4.79 Å². The van der Waals surface area contributed by atoms with Crippen molar-refractivity contribution in [3.63, 3.8) is 0 Å². The first-order valence-corrected chi connectivity index (χ1v) is 7.17. The predicted octanol–water partition coefficient (Wildman–Crippen LogP) is 2.05. The Morgan fingerprint density at radius 3 is 2.52 bits per heavy atom. The number of carboxylic acids is 1. The Morgan fingerprint density at radius 2 is 1.90 bits per heavy atom. The number of nitrogens with one attached hydrogen (secondary N) is 1. The molecule has 1 unspecified atom stereocenters. The van der Waals surface area contributed by atoms with Gasteiger partial charge in [-0.1, -0.05) is 24.3 Å². The van der Waals surface area contributed by atoms with Crippen molar-refractivity contribution < 1.29 is 14.7 Å². The molecule has 0 radical (unpaired) electrons. The number of amides is 2. The molecule has 0 saturated heterocycles. The molecule has 5 heteroatoms. The number of fused-ring (bicyclic) bond motifs is 1. The Hall–Kier alpha value is -2.04. The number of carbonyl (C=O) groups excluding carboxylic acids is 1. The first kappa shape index (κ1) is 15.4. The van der Waals surface area contributed by atoms with E-state index < -0.39 is 11.5 Å². The normalized spacial score (nSPS) is 17.8. The van der Waals surface area contributed by atoms with Gasteiger partial charge in [-0.15, -0.1) is 0 Å². The average molecular weight is 290 g/mol. The third-order valence-corrected chi connectivity index (χ3v) is 4.34. The number of benzene rings is 1. The summed E-state index contributed by atoms with van der Waals surface area (Å²) in [6.07, 6.45) is 2.61. The lowest BCUT2D eigenvalue weighted by molar-refractivity contribution is -0.146. The van der Waals surface area contributed by atoms with Crippen molar-refractivity contribution in [2.45, 2.75) is 44.7 Å². The SMILES string of the molecule is CN(C(=O)NC1CCc2ccccc2C1)C(C)(C)C(=O)O. The molecule has 0 aromatic heterocycles. The largest absolute Gasteiger partial charge is 0.480 e. The van der Waals surface area contributed by atoms with Gasteiger partial charge >= 0.3 is 12.0 Å². The van der Waals surface area contributed by atoms with E-state index in [1.54, 1.807) is 0 Å². The van der Waals surface area contributed by atoms with Crippen LogP contribution in [-0.2, 0) is 17.6 Å². The van der Waals surface area contributed by atoms with E-state index in [0.29, 0.717) is 0 Å². The molecule has 1 aromatic carbocycles. The predicted molar refractivity (Wildman–Crippen MR) is 80.3 cm³/mol. The van der Waals surface area contributed by atoms with E-state index in [2.05, 4.69) is 17.4 Å². The lowest BCUT2D eigenvalue weighted by Gasteiger charge is -2.34. The molecule has 1 aromatic rings. The van der Waals surface area contributed by atoms with Crippen molar-refractivity contribution in [3.8, 4) is 0 Å². The lowest BCUT2D eigenvalue weighted by Crippen LogP contribution is -2.56. The quantitative estimate of drug-likeness (QED) is 0.895. The van der Waals surface area contributed by atoms with Crippen molar-refractivity contribution in [3.05, 3.63) is 35.4 Å². The van der Waals surface area contributed by atoms with Gasteiger partial charge in [0.15, 0.2) is 0 Å². The molecule has 1 aliphatic carbocycles. The molecule has 0 fully saturated rings. The van der Waals surface area contributed by atoms with Gasteiger partial charge in [0, 0.05) is 13.1 Å². The molecule has 1 atom stereocenters. The Balaban J connectivity index is 2.00. The van der Waals surface area contributed by atoms with Crippen LogP contribution in [0.2, 0.25) is 0 Å². The zero-order valence-corrected chi connectivity index (χ0v) is 12.7. The molecule has 2 N–H and O–H groups in total. The number of urea groups is 1. The molecule has 21 heavy (non-hydrogen) atoms. The maximum absolute atomic E-state index is 12.2. The lowest BCUT2D eigenvalue weighted by atomic mass is 9.88. The van der Waals surface area contributed by atoms with Crippen molar-refractivity contribution >= 4 is 12.0 Å². The maximum atomic E-state index is 12.2. The molecule has 0 saturated carbocycles. The summed E-state index contributed by atoms with van der Waals surface area (Å²) in [6.45, 7) is 3.04. The second-order valence-electron chi connectivity index (χ2n) is 6.08. The topological polar surface area (TPSA) is 69.6 Å². The van der Waals surface area contributed by atoms with Gasteiger partial charge in [-0.2, -0.15) is 0 Å². The van der Waals surface area contributed by atoms with Gasteiger partial charge in [0.2, 0.25) is 0 Å². The minimum atomic E-state index is -1.23. The second kappa shape index (κ2) is 5.76. The molecule has 1 aliphatic rings. The highest BCUT2D eigenvalue weighted by atomic mass is 16.4. The molecule has 5 nitrogen and oxygen atoms in total. The summed E-state index contributed by atoms with van der Waals surface area (Å²) < 4.78 is 0. The van der Waals surface area contributed by atoms with Gasteiger partial charge in [-0.05, 0) is 44.2 Å². The first-order valence-electron chi connectivity index (χ1n) is 7.17. The first-order chi connectivity index (χ1) is 9.82. The fraction of sp³-hybridized carbons (Fsp3) is 0.500. The van der Waals surface area contributed by atoms with Crippen LogP contribution >= 0.6 is 0 Å². The Morgan fingerprint density at radius 1 is 1.29 bits per heavy atom. The van der Waals surface area contributed by atoms with Gasteiger partial charge in [-0.25, -0.2) is 9.59 Å². The highest BCUT2D eigenvalue weighted by Gasteiger charge is 2.36. The molecule has 0 heterocycles. The summed E-state index contributed by atoms with van der Waals surface area (Å²) in [5.74, 6) is -1.02. The number of hydrogen-bond donors (Lipinski definition) is 2. The second-order valence-corrected chi connectivity index (χ2v) is 6.08. The zero-order chi connectivity index (χ0) is 15.6. The Labute approximate surface area is 125 Å². The molecule has 2 amide bonds. The smallest absolute Gasteiger partial charge is 0.329 e. The highest BCUT2D eigenvalue weighted by Crippen LogP contribution is 2.21. The van der Waals surface area contributed by atoms with Crippen LogP contribution in [-0.4, -0.2) is 40.6 Å². The van der Waals surface area contributed by atoms with E-state index in [-0.39, 0.29) is 12.1 Å². The summed E-state index contributed by atoms with van der Waals surface area (Å²) in [5.41, 5.74) is 1.37. The molecule has 114 valence electrons. The number of nitrogens with zero attached hydrogens (tertiary/aromatic N) is 1. The number of aryl methyl sites for hydroxylation is 1. The summed E-state index contributed by atoms with van der Waals surface area (Å²) in [7, 11) is 1.51. The van der Waals surface area contributed by atoms with Crippen molar-refractivity contribution in [2.75, 3.05) is 7.05 Å². The third-order valence-electron chi connectivity index (χ3n) is 4.34. The van der Waals surface area contributed by atoms with Gasteiger partial charge in [0.05, 0.1) is 0 Å². The Bertz CT molecular complexity index is 554. The number of rotatable bonds is 3. The van der Waals surface area contributed by atoms with Crippen molar-refractivity contribution in [1.29, 1.82) is 0 Å². The van der Waals surface area contributed by atoms with Gasteiger partial charge < -0.3 is 15.3 Å². The van der Waals surface area contributed by atoms with Crippen LogP contribution in [0, 0.1) is 0 Å². The fourth-order valence-corrected chi connectivity index (χ4v) is 2.49. The van der Waals surface area contributed by atoms with Crippen LogP contribution in [0.3, 0.4) is 0 Å². The number of hydrogen-bond acceptors (Lipinski definition) is 2. The number of carbonyl (C=O) groups is 2. The average Bonchev–Trinajstić information content (AvgIpc) is 2.46. The van der Waals surface area contributed by atoms with E-state index in [4.69, 9.17) is 0 Å². The van der Waals surface area contributed by atoms with E-state index >= 15 is 0 Å². The number of carboxylic acid groups (broad SMARTS) is 1. The van der Waals surface area contributed by atoms with Crippen LogP contribution in [0.1, 0.15) is 31.4 Å². The summed E-state index contributed by atoms with van der Waals surface area (Å²) in [5, 5.41) is 12.1. The van der Waals surface area contributed by atoms with Crippen molar-refractivity contribution in [1.82, 2.24) is 10.2 Å². The van der Waals surface area contributed by atoms with E-state index in [1.165, 1.54) is 36.9 Å². The number of likely N-dealkylation sites (N-methyl/N-ethyl adjacent to an activating group) is 1. The molecular formula is C16H22N2O3. The molecule has 0 aliphatic heterocycles. The van der Waals surface area contributed by atoms with E-state index in [9.17, 15) is 14.7 Å². The van der Waals surface area contributed by atoms with Gasteiger partial charge in [0.1, 0.15) is 5.54 Å². The van der Waals surface area contributed by atoms with Gasteiger partial charge in [-0.3, -0.25) is 0 Å². The zero-order valence-electron chi connectivity index (χ0n) is 12.7. The third kappa shape index (κ3) is 3.17. The molecule has 0 bridgehead atoms. The van der Waals surface area contributed by atoms with E-state index in [0.717, 1.165) is 19.3 Å². The fourth-order valence-electron chi connectivity index (χ4n) is 2.49. The summed E-state index contributed by atoms with van der Waals surface area (Å²) in [6, 6.07) is 7.95. The molecular weight excluding hydrogens is 268 g/mol. The minimum Gasteiger partial charge on any atom is -0.480 e. The van der Waals surface area contributed by atoms with Crippen LogP contribution in [0.15, 0.2) is 24.3 Å². The van der Waals surface area contributed by atoms with Crippen LogP contribution < -0.4 is 5.32 Å². The standard InChI is InChI=1S/C16H22N2O3/c1-16(2,14(19)20)18(3)15(21)17-13-9-8-11-6-4-5-7-12(11)10-13/h4-7,13H,8-10H2,1-3H3,(H,17,21)(H,19,20). The van der Waals surface area contributed by atoms with Gasteiger partial charge in [0.25, 0.3) is 0 Å². The minimum absolute atomic E-state index is 0.0550. The van der Waals surface area contributed by atoms with Crippen molar-refractivity contribution in [2.24, 2.45) is 0 Å². The summed E-state index contributed by atoms with van der Waals surface area (Å²) in [4.78, 5) is 24.7. The maximum Gasteiger partial charge on any atom is 0.329 e. The van der Waals surface area contributed by atoms with Crippen LogP contribution in [0.5, 0.6) is 0 Å².